The summed E-state index contributed by atoms with van der Waals surface area (Å²) in [7, 11) is 0. The van der Waals surface area contributed by atoms with Crippen molar-refractivity contribution in [3.8, 4) is 0 Å². The third kappa shape index (κ3) is 7.93. The van der Waals surface area contributed by atoms with Gasteiger partial charge in [0.2, 0.25) is 0 Å². The first-order valence-corrected chi connectivity index (χ1v) is 19.7. The van der Waals surface area contributed by atoms with E-state index in [0.29, 0.717) is 11.8 Å². The summed E-state index contributed by atoms with van der Waals surface area (Å²) >= 11 is 14.9. The number of hydrogen-bond donors (Lipinski definition) is 0. The van der Waals surface area contributed by atoms with Crippen molar-refractivity contribution in [1.29, 1.82) is 0 Å². The zero-order valence-corrected chi connectivity index (χ0v) is 29.8. The lowest BCUT2D eigenvalue weighted by Crippen LogP contribution is -2.66. The molecule has 0 unspecified atom stereocenters. The molecule has 3 aliphatic carbocycles. The third-order valence-electron chi connectivity index (χ3n) is 12.4. The molecule has 244 valence electrons. The molecule has 0 saturated heterocycles. The van der Waals surface area contributed by atoms with E-state index in [9.17, 15) is 0 Å². The minimum absolute atomic E-state index is 0.134. The fraction of sp³-hybridized carbons (Fsp3) is 0.714. The molecule has 0 radical (unpaired) electrons. The maximum Gasteiger partial charge on any atom is 0.129 e. The van der Waals surface area contributed by atoms with E-state index in [0.717, 1.165) is 0 Å². The summed E-state index contributed by atoms with van der Waals surface area (Å²) in [5.74, 6) is 1.34. The average molecular weight is 638 g/mol. The van der Waals surface area contributed by atoms with E-state index < -0.39 is 4.33 Å². The second-order valence-corrected chi connectivity index (χ2v) is 16.7. The summed E-state index contributed by atoms with van der Waals surface area (Å²) in [5.41, 5.74) is 6.36. The van der Waals surface area contributed by atoms with Gasteiger partial charge in [-0.1, -0.05) is 127 Å². The lowest BCUT2D eigenvalue weighted by Gasteiger charge is -2.69. The Morgan fingerprint density at radius 3 is 1.18 bits per heavy atom. The molecule has 0 amide bonds. The van der Waals surface area contributed by atoms with E-state index in [1.165, 1.54) is 170 Å². The van der Waals surface area contributed by atoms with Crippen LogP contribution in [0.1, 0.15) is 183 Å². The van der Waals surface area contributed by atoms with Gasteiger partial charge in [-0.25, -0.2) is 0 Å². The zero-order valence-electron chi connectivity index (χ0n) is 28.3. The highest BCUT2D eigenvalue weighted by atomic mass is 35.5. The van der Waals surface area contributed by atoms with Crippen molar-refractivity contribution in [2.45, 2.75) is 178 Å². The van der Waals surface area contributed by atoms with E-state index >= 15 is 0 Å². The molecule has 2 aromatic rings. The molecule has 5 rings (SSSR count). The molecule has 2 spiro atoms. The Hall–Kier alpha value is -0.980. The van der Waals surface area contributed by atoms with Gasteiger partial charge in [-0.05, 0) is 118 Å². The van der Waals surface area contributed by atoms with E-state index in [-0.39, 0.29) is 10.8 Å². The molecule has 0 aromatic heterocycles. The van der Waals surface area contributed by atoms with Crippen LogP contribution in [0, 0.1) is 10.8 Å². The predicted molar refractivity (Wildman–Crippen MR) is 193 cm³/mol. The summed E-state index contributed by atoms with van der Waals surface area (Å²) in [5, 5.41) is 0. The molecular formula is C42H62Cl2. The maximum absolute atomic E-state index is 7.45. The molecule has 2 heteroatoms. The lowest BCUT2D eigenvalue weighted by atomic mass is 9.43. The number of halogens is 2. The summed E-state index contributed by atoms with van der Waals surface area (Å²) in [4.78, 5) is 0. The van der Waals surface area contributed by atoms with Gasteiger partial charge >= 0.3 is 0 Å². The van der Waals surface area contributed by atoms with Crippen molar-refractivity contribution < 1.29 is 0 Å². The van der Waals surface area contributed by atoms with Crippen molar-refractivity contribution in [2.24, 2.45) is 10.8 Å². The number of unbranched alkanes of at least 4 members (excludes halogenated alkanes) is 10. The predicted octanol–water partition coefficient (Wildman–Crippen LogP) is 14.1. The Morgan fingerprint density at radius 1 is 0.500 bits per heavy atom. The van der Waals surface area contributed by atoms with Gasteiger partial charge in [0.1, 0.15) is 4.33 Å². The number of hydrogen-bond acceptors (Lipinski definition) is 0. The van der Waals surface area contributed by atoms with Gasteiger partial charge in [0.25, 0.3) is 0 Å². The molecule has 0 atom stereocenters. The molecule has 0 aliphatic heterocycles. The van der Waals surface area contributed by atoms with Crippen molar-refractivity contribution in [3.63, 3.8) is 0 Å². The van der Waals surface area contributed by atoms with Gasteiger partial charge in [-0.15, -0.1) is 23.2 Å². The van der Waals surface area contributed by atoms with Crippen LogP contribution in [-0.4, -0.2) is 4.33 Å². The second-order valence-electron chi connectivity index (χ2n) is 15.4. The number of rotatable bonds is 16. The van der Waals surface area contributed by atoms with Crippen LogP contribution in [0.3, 0.4) is 0 Å². The molecular weight excluding hydrogens is 575 g/mol. The van der Waals surface area contributed by atoms with E-state index in [1.54, 1.807) is 0 Å². The van der Waals surface area contributed by atoms with E-state index in [4.69, 9.17) is 23.2 Å². The Balaban J connectivity index is 1.05. The fourth-order valence-corrected chi connectivity index (χ4v) is 10.5. The molecule has 0 N–H and O–H groups in total. The highest BCUT2D eigenvalue weighted by Crippen LogP contribution is 2.77. The Bertz CT molecular complexity index is 1010. The molecule has 3 fully saturated rings. The normalized spacial score (nSPS) is 27.9. The van der Waals surface area contributed by atoms with Gasteiger partial charge in [-0.3, -0.25) is 0 Å². The second kappa shape index (κ2) is 16.2. The quantitative estimate of drug-likeness (QED) is 0.127. The molecule has 2 aromatic carbocycles. The molecule has 0 heterocycles. The molecule has 3 saturated carbocycles. The van der Waals surface area contributed by atoms with Crippen LogP contribution in [0.15, 0.2) is 48.5 Å². The number of benzene rings is 2. The average Bonchev–Trinajstić information content (AvgIpc) is 3.05. The first-order valence-electron chi connectivity index (χ1n) is 19.0. The minimum Gasteiger partial charge on any atom is -0.100 e. The summed E-state index contributed by atoms with van der Waals surface area (Å²) in [6.07, 6.45) is 29.9. The first-order chi connectivity index (χ1) is 21.4. The molecule has 3 aliphatic rings. The number of alkyl halides is 2. The van der Waals surface area contributed by atoms with Gasteiger partial charge in [-0.2, -0.15) is 0 Å². The van der Waals surface area contributed by atoms with Crippen molar-refractivity contribution in [2.75, 3.05) is 0 Å². The van der Waals surface area contributed by atoms with Crippen LogP contribution in [-0.2, 0) is 12.8 Å². The summed E-state index contributed by atoms with van der Waals surface area (Å²) in [6, 6.07) is 19.3. The van der Waals surface area contributed by atoms with Crippen LogP contribution in [0.4, 0.5) is 0 Å². The van der Waals surface area contributed by atoms with Gasteiger partial charge in [0.05, 0.1) is 0 Å². The maximum atomic E-state index is 7.45. The minimum atomic E-state index is -0.558. The smallest absolute Gasteiger partial charge is 0.100 e. The van der Waals surface area contributed by atoms with Crippen LogP contribution in [0.5, 0.6) is 0 Å². The largest absolute Gasteiger partial charge is 0.129 e. The monoisotopic (exact) mass is 636 g/mol. The Morgan fingerprint density at radius 2 is 0.841 bits per heavy atom. The van der Waals surface area contributed by atoms with Gasteiger partial charge in [0, 0.05) is 10.8 Å². The standard InChI is InChI=1S/C42H62Cl2/c1-3-5-7-9-11-13-15-34-17-21-36(22-18-34)38-25-29-40(30-26-38)33-41(42(40,43)44)31-27-39(28-32-41)37-23-19-35(20-24-37)16-14-12-10-8-6-4-2/h17-24,38-39H,3-16,25-33H2,1-2H3. The Labute approximate surface area is 281 Å². The number of aryl methyl sites for hydroxylation is 2. The van der Waals surface area contributed by atoms with Crippen LogP contribution in [0.2, 0.25) is 0 Å². The van der Waals surface area contributed by atoms with E-state index in [1.807, 2.05) is 0 Å². The topological polar surface area (TPSA) is 0 Å². The highest BCUT2D eigenvalue weighted by Gasteiger charge is 2.72. The molecule has 0 nitrogen and oxygen atoms in total. The zero-order chi connectivity index (χ0) is 30.9. The lowest BCUT2D eigenvalue weighted by molar-refractivity contribution is -0.107. The Kier molecular flexibility index (Phi) is 12.7. The van der Waals surface area contributed by atoms with Crippen molar-refractivity contribution >= 4 is 23.2 Å². The van der Waals surface area contributed by atoms with Gasteiger partial charge in [0.15, 0.2) is 0 Å². The highest BCUT2D eigenvalue weighted by molar-refractivity contribution is 6.50. The summed E-state index contributed by atoms with van der Waals surface area (Å²) < 4.78 is -0.558. The van der Waals surface area contributed by atoms with Gasteiger partial charge < -0.3 is 0 Å². The van der Waals surface area contributed by atoms with E-state index in [2.05, 4.69) is 62.4 Å². The van der Waals surface area contributed by atoms with Crippen LogP contribution >= 0.6 is 23.2 Å². The van der Waals surface area contributed by atoms with Crippen LogP contribution < -0.4 is 0 Å². The third-order valence-corrected chi connectivity index (χ3v) is 14.0. The SMILES string of the molecule is CCCCCCCCc1ccc(C2CCC3(CC2)CC2(CCC(c4ccc(CCCCCCCC)cc4)CC2)C3(Cl)Cl)cc1. The fourth-order valence-electron chi connectivity index (χ4n) is 9.45. The van der Waals surface area contributed by atoms with Crippen LogP contribution in [0.25, 0.3) is 0 Å². The summed E-state index contributed by atoms with van der Waals surface area (Å²) in [6.45, 7) is 4.58. The molecule has 44 heavy (non-hydrogen) atoms. The van der Waals surface area contributed by atoms with Crippen molar-refractivity contribution in [1.82, 2.24) is 0 Å². The van der Waals surface area contributed by atoms with Crippen molar-refractivity contribution in [3.05, 3.63) is 70.8 Å². The molecule has 0 bridgehead atoms. The first kappa shape index (κ1) is 34.4.